The lowest BCUT2D eigenvalue weighted by Crippen LogP contribution is -2.22. The second-order valence-electron chi connectivity index (χ2n) is 4.42. The van der Waals surface area contributed by atoms with Gasteiger partial charge in [-0.1, -0.05) is 37.3 Å². The van der Waals surface area contributed by atoms with Gasteiger partial charge in [0.05, 0.1) is 22.4 Å². The van der Waals surface area contributed by atoms with Crippen LogP contribution in [0.15, 0.2) is 41.0 Å². The van der Waals surface area contributed by atoms with Crippen LogP contribution in [0.3, 0.4) is 0 Å². The molecule has 0 amide bonds. The minimum Gasteiger partial charge on any atom is -0.322 e. The molecule has 1 aromatic heterocycles. The number of hydrogen-bond acceptors (Lipinski definition) is 2. The minimum absolute atomic E-state index is 0.0655. The van der Waals surface area contributed by atoms with Crippen LogP contribution in [0, 0.1) is 0 Å². The van der Waals surface area contributed by atoms with E-state index >= 15 is 0 Å². The molecule has 0 fully saturated rings. The van der Waals surface area contributed by atoms with Crippen molar-refractivity contribution >= 4 is 15.9 Å². The number of nitrogens with zero attached hydrogens (tertiary/aromatic N) is 2. The van der Waals surface area contributed by atoms with Gasteiger partial charge in [0, 0.05) is 12.5 Å². The summed E-state index contributed by atoms with van der Waals surface area (Å²) in [6.07, 6.45) is 1.82. The molecule has 2 unspecified atom stereocenters. The zero-order valence-electron chi connectivity index (χ0n) is 10.7. The maximum absolute atomic E-state index is 6.40. The highest BCUT2D eigenvalue weighted by atomic mass is 79.9. The number of aromatic nitrogens is 2. The number of benzene rings is 1. The van der Waals surface area contributed by atoms with Crippen molar-refractivity contribution in [2.45, 2.75) is 32.4 Å². The molecule has 2 N–H and O–H groups in total. The predicted octanol–water partition coefficient (Wildman–Crippen LogP) is 3.47. The van der Waals surface area contributed by atoms with Gasteiger partial charge in [0.15, 0.2) is 0 Å². The van der Waals surface area contributed by atoms with Crippen LogP contribution in [0.25, 0.3) is 0 Å². The molecule has 0 spiro atoms. The highest BCUT2D eigenvalue weighted by Crippen LogP contribution is 2.32. The van der Waals surface area contributed by atoms with Crippen molar-refractivity contribution in [3.8, 4) is 0 Å². The van der Waals surface area contributed by atoms with Gasteiger partial charge in [-0.15, -0.1) is 0 Å². The maximum Gasteiger partial charge on any atom is 0.0699 e. The zero-order chi connectivity index (χ0) is 13.1. The number of aryl methyl sites for hydroxylation is 1. The van der Waals surface area contributed by atoms with Crippen LogP contribution in [0.1, 0.15) is 37.1 Å². The van der Waals surface area contributed by atoms with Crippen LogP contribution >= 0.6 is 15.9 Å². The summed E-state index contributed by atoms with van der Waals surface area (Å²) in [4.78, 5) is 0. The Morgan fingerprint density at radius 1 is 1.33 bits per heavy atom. The summed E-state index contributed by atoms with van der Waals surface area (Å²) in [6.45, 7) is 5.05. The van der Waals surface area contributed by atoms with Crippen LogP contribution in [0.4, 0.5) is 0 Å². The van der Waals surface area contributed by atoms with Gasteiger partial charge in [0.2, 0.25) is 0 Å². The van der Waals surface area contributed by atoms with Gasteiger partial charge in [-0.3, -0.25) is 4.68 Å². The molecule has 0 aliphatic carbocycles. The molecule has 1 aromatic carbocycles. The first-order valence-corrected chi connectivity index (χ1v) is 6.96. The summed E-state index contributed by atoms with van der Waals surface area (Å²) in [5.74, 6) is 0.254. The van der Waals surface area contributed by atoms with E-state index in [9.17, 15) is 0 Å². The molecule has 0 aliphatic heterocycles. The first-order valence-electron chi connectivity index (χ1n) is 6.16. The fraction of sp³-hybridized carbons (Fsp3) is 0.357. The third-order valence-electron chi connectivity index (χ3n) is 3.31. The number of rotatable bonds is 4. The van der Waals surface area contributed by atoms with Gasteiger partial charge < -0.3 is 5.73 Å². The highest BCUT2D eigenvalue weighted by molar-refractivity contribution is 9.10. The summed E-state index contributed by atoms with van der Waals surface area (Å²) < 4.78 is 2.94. The Kier molecular flexibility index (Phi) is 4.19. The lowest BCUT2D eigenvalue weighted by atomic mass is 9.92. The van der Waals surface area contributed by atoms with Crippen molar-refractivity contribution in [3.05, 3.63) is 52.3 Å². The van der Waals surface area contributed by atoms with Crippen LogP contribution in [-0.2, 0) is 6.54 Å². The molecule has 96 valence electrons. The summed E-state index contributed by atoms with van der Waals surface area (Å²) in [6, 6.07) is 10.3. The summed E-state index contributed by atoms with van der Waals surface area (Å²) in [5, 5.41) is 4.32. The SMILES string of the molecule is CCn1ncc(Br)c1C(N)C(C)c1ccccc1. The fourth-order valence-corrected chi connectivity index (χ4v) is 2.72. The first-order chi connectivity index (χ1) is 8.65. The molecular formula is C14H18BrN3. The van der Waals surface area contributed by atoms with E-state index in [0.29, 0.717) is 0 Å². The number of nitrogens with two attached hydrogens (primary N) is 1. The van der Waals surface area contributed by atoms with Crippen molar-refractivity contribution in [1.29, 1.82) is 0 Å². The molecule has 2 rings (SSSR count). The van der Waals surface area contributed by atoms with Gasteiger partial charge in [-0.05, 0) is 28.4 Å². The number of hydrogen-bond donors (Lipinski definition) is 1. The van der Waals surface area contributed by atoms with Gasteiger partial charge in [-0.25, -0.2) is 0 Å². The van der Waals surface area contributed by atoms with Crippen molar-refractivity contribution in [3.63, 3.8) is 0 Å². The monoisotopic (exact) mass is 307 g/mol. The zero-order valence-corrected chi connectivity index (χ0v) is 12.3. The third-order valence-corrected chi connectivity index (χ3v) is 3.92. The molecule has 0 radical (unpaired) electrons. The number of halogens is 1. The van der Waals surface area contributed by atoms with E-state index in [2.05, 4.69) is 47.0 Å². The second-order valence-corrected chi connectivity index (χ2v) is 5.27. The summed E-state index contributed by atoms with van der Waals surface area (Å²) in [7, 11) is 0. The molecule has 4 heteroatoms. The Bertz CT molecular complexity index is 507. The molecule has 1 heterocycles. The third kappa shape index (κ3) is 2.49. The van der Waals surface area contributed by atoms with Crippen molar-refractivity contribution in [2.24, 2.45) is 5.73 Å². The Balaban J connectivity index is 2.31. The van der Waals surface area contributed by atoms with Crippen LogP contribution in [0.5, 0.6) is 0 Å². The molecule has 0 saturated heterocycles. The Labute approximate surface area is 116 Å². The van der Waals surface area contributed by atoms with Gasteiger partial charge >= 0.3 is 0 Å². The normalized spacial score (nSPS) is 14.4. The average Bonchev–Trinajstić information content (AvgIpc) is 2.79. The van der Waals surface area contributed by atoms with Gasteiger partial charge in [0.25, 0.3) is 0 Å². The largest absolute Gasteiger partial charge is 0.322 e. The lowest BCUT2D eigenvalue weighted by Gasteiger charge is -2.21. The van der Waals surface area contributed by atoms with Crippen LogP contribution in [-0.4, -0.2) is 9.78 Å². The Morgan fingerprint density at radius 2 is 2.00 bits per heavy atom. The predicted molar refractivity (Wildman–Crippen MR) is 77.4 cm³/mol. The molecule has 3 nitrogen and oxygen atoms in total. The smallest absolute Gasteiger partial charge is 0.0699 e. The molecule has 18 heavy (non-hydrogen) atoms. The van der Waals surface area contributed by atoms with Gasteiger partial charge in [0.1, 0.15) is 0 Å². The van der Waals surface area contributed by atoms with Gasteiger partial charge in [-0.2, -0.15) is 5.10 Å². The summed E-state index contributed by atoms with van der Waals surface area (Å²) >= 11 is 3.54. The molecular weight excluding hydrogens is 290 g/mol. The topological polar surface area (TPSA) is 43.8 Å². The second kappa shape index (κ2) is 5.67. The van der Waals surface area contributed by atoms with Crippen molar-refractivity contribution < 1.29 is 0 Å². The standard InChI is InChI=1S/C14H18BrN3/c1-3-18-14(12(15)9-17-18)13(16)10(2)11-7-5-4-6-8-11/h4-10,13H,3,16H2,1-2H3. The fourth-order valence-electron chi connectivity index (χ4n) is 2.16. The van der Waals surface area contributed by atoms with E-state index < -0.39 is 0 Å². The Morgan fingerprint density at radius 3 is 2.61 bits per heavy atom. The minimum atomic E-state index is -0.0655. The quantitative estimate of drug-likeness (QED) is 0.940. The molecule has 2 atom stereocenters. The summed E-state index contributed by atoms with van der Waals surface area (Å²) in [5.41, 5.74) is 8.72. The first kappa shape index (κ1) is 13.3. The van der Waals surface area contributed by atoms with E-state index in [1.54, 1.807) is 0 Å². The van der Waals surface area contributed by atoms with Crippen molar-refractivity contribution in [1.82, 2.24) is 9.78 Å². The van der Waals surface area contributed by atoms with E-state index in [4.69, 9.17) is 5.73 Å². The van der Waals surface area contributed by atoms with Crippen LogP contribution in [0.2, 0.25) is 0 Å². The van der Waals surface area contributed by atoms with E-state index in [1.165, 1.54) is 5.56 Å². The van der Waals surface area contributed by atoms with E-state index in [0.717, 1.165) is 16.7 Å². The van der Waals surface area contributed by atoms with Crippen molar-refractivity contribution in [2.75, 3.05) is 0 Å². The maximum atomic E-state index is 6.40. The molecule has 0 bridgehead atoms. The van der Waals surface area contributed by atoms with E-state index in [1.807, 2.05) is 29.1 Å². The molecule has 2 aromatic rings. The Hall–Kier alpha value is -1.13. The highest BCUT2D eigenvalue weighted by Gasteiger charge is 2.22. The van der Waals surface area contributed by atoms with Crippen LogP contribution < -0.4 is 5.73 Å². The average molecular weight is 308 g/mol. The molecule has 0 aliphatic rings. The lowest BCUT2D eigenvalue weighted by molar-refractivity contribution is 0.518. The molecule has 0 saturated carbocycles. The van der Waals surface area contributed by atoms with E-state index in [-0.39, 0.29) is 12.0 Å².